The number of para-hydroxylation sites is 1. The molecule has 0 aliphatic heterocycles. The predicted molar refractivity (Wildman–Crippen MR) is 96.6 cm³/mol. The lowest BCUT2D eigenvalue weighted by Crippen LogP contribution is -2.29. The van der Waals surface area contributed by atoms with Crippen molar-refractivity contribution in [2.24, 2.45) is 0 Å². The van der Waals surface area contributed by atoms with Crippen molar-refractivity contribution in [1.29, 1.82) is 0 Å². The van der Waals surface area contributed by atoms with Crippen LogP contribution < -0.4 is 15.4 Å². The summed E-state index contributed by atoms with van der Waals surface area (Å²) in [5.41, 5.74) is 1.64. The highest BCUT2D eigenvalue weighted by Crippen LogP contribution is 2.13. The van der Waals surface area contributed by atoms with Crippen molar-refractivity contribution in [3.8, 4) is 5.75 Å². The van der Waals surface area contributed by atoms with Crippen molar-refractivity contribution in [3.05, 3.63) is 59.9 Å². The van der Waals surface area contributed by atoms with Crippen LogP contribution in [0.15, 0.2) is 48.5 Å². The number of aryl methyl sites for hydroxylation is 1. The summed E-state index contributed by atoms with van der Waals surface area (Å²) in [6.07, 6.45) is 1.88. The lowest BCUT2D eigenvalue weighted by atomic mass is 10.1. The summed E-state index contributed by atoms with van der Waals surface area (Å²) in [6.45, 7) is 3.38. The molecular weight excluding hydrogens is 311 g/mol. The third kappa shape index (κ3) is 5.87. The lowest BCUT2D eigenvalue weighted by molar-refractivity contribution is 0.340. The van der Waals surface area contributed by atoms with Gasteiger partial charge in [-0.1, -0.05) is 24.3 Å². The van der Waals surface area contributed by atoms with Crippen LogP contribution in [0, 0.1) is 5.82 Å². The van der Waals surface area contributed by atoms with Crippen LogP contribution >= 0.6 is 12.2 Å². The van der Waals surface area contributed by atoms with Crippen LogP contribution in [0.25, 0.3) is 0 Å². The van der Waals surface area contributed by atoms with E-state index in [0.717, 1.165) is 25.1 Å². The first kappa shape index (κ1) is 17.2. The van der Waals surface area contributed by atoms with Crippen LogP contribution in [0.5, 0.6) is 5.75 Å². The molecule has 122 valence electrons. The molecule has 2 rings (SSSR count). The molecule has 5 heteroatoms. The van der Waals surface area contributed by atoms with Gasteiger partial charge in [-0.3, -0.25) is 0 Å². The molecule has 2 aromatic carbocycles. The van der Waals surface area contributed by atoms with E-state index in [9.17, 15) is 4.39 Å². The Balaban J connectivity index is 1.68. The van der Waals surface area contributed by atoms with Crippen LogP contribution in [-0.2, 0) is 6.42 Å². The number of nitrogens with one attached hydrogen (secondary N) is 2. The second-order valence-electron chi connectivity index (χ2n) is 5.04. The van der Waals surface area contributed by atoms with Gasteiger partial charge >= 0.3 is 0 Å². The Bertz CT molecular complexity index is 631. The predicted octanol–water partition coefficient (Wildman–Crippen LogP) is 4.14. The van der Waals surface area contributed by atoms with E-state index in [0.29, 0.717) is 17.4 Å². The van der Waals surface area contributed by atoms with Gasteiger partial charge in [-0.15, -0.1) is 0 Å². The van der Waals surface area contributed by atoms with Gasteiger partial charge in [0.05, 0.1) is 12.3 Å². The topological polar surface area (TPSA) is 33.3 Å². The van der Waals surface area contributed by atoms with E-state index >= 15 is 0 Å². The standard InChI is InChI=1S/C18H21FN2OS/c1-2-22-15-11-9-14(10-12-15)6-5-13-20-18(23)21-17-8-4-3-7-16(17)19/h3-4,7-12H,2,5-6,13H2,1H3,(H2,20,21,23). The van der Waals surface area contributed by atoms with Gasteiger partial charge in [0, 0.05) is 6.54 Å². The van der Waals surface area contributed by atoms with E-state index in [1.807, 2.05) is 19.1 Å². The third-order valence-corrected chi connectivity index (χ3v) is 3.53. The summed E-state index contributed by atoms with van der Waals surface area (Å²) in [4.78, 5) is 0. The van der Waals surface area contributed by atoms with Crippen molar-refractivity contribution in [2.45, 2.75) is 19.8 Å². The Morgan fingerprint density at radius 3 is 2.57 bits per heavy atom. The first-order valence-corrected chi connectivity index (χ1v) is 8.11. The van der Waals surface area contributed by atoms with E-state index in [-0.39, 0.29) is 5.82 Å². The van der Waals surface area contributed by atoms with Crippen LogP contribution in [-0.4, -0.2) is 18.3 Å². The molecule has 0 aliphatic rings. The molecule has 0 fully saturated rings. The summed E-state index contributed by atoms with van der Waals surface area (Å²) in [5.74, 6) is 0.579. The Kier molecular flexibility index (Phi) is 6.81. The SMILES string of the molecule is CCOc1ccc(CCCNC(=S)Nc2ccccc2F)cc1. The maximum Gasteiger partial charge on any atom is 0.170 e. The van der Waals surface area contributed by atoms with E-state index in [2.05, 4.69) is 22.8 Å². The second kappa shape index (κ2) is 9.10. The molecule has 2 aromatic rings. The fourth-order valence-corrected chi connectivity index (χ4v) is 2.35. The second-order valence-corrected chi connectivity index (χ2v) is 5.45. The number of thiocarbonyl (C=S) groups is 1. The Labute approximate surface area is 141 Å². The number of anilines is 1. The molecule has 23 heavy (non-hydrogen) atoms. The molecule has 0 unspecified atom stereocenters. The summed E-state index contributed by atoms with van der Waals surface area (Å²) in [5, 5.41) is 6.38. The van der Waals surface area contributed by atoms with Gasteiger partial charge in [0.1, 0.15) is 11.6 Å². The lowest BCUT2D eigenvalue weighted by Gasteiger charge is -2.11. The molecule has 0 atom stereocenters. The quantitative estimate of drug-likeness (QED) is 0.590. The van der Waals surface area contributed by atoms with Gasteiger partial charge in [-0.05, 0) is 61.8 Å². The van der Waals surface area contributed by atoms with Crippen molar-refractivity contribution in [2.75, 3.05) is 18.5 Å². The third-order valence-electron chi connectivity index (χ3n) is 3.28. The van der Waals surface area contributed by atoms with Gasteiger partial charge in [0.25, 0.3) is 0 Å². The first-order chi connectivity index (χ1) is 11.2. The van der Waals surface area contributed by atoms with E-state index in [4.69, 9.17) is 17.0 Å². The highest BCUT2D eigenvalue weighted by atomic mass is 32.1. The minimum Gasteiger partial charge on any atom is -0.494 e. The van der Waals surface area contributed by atoms with Crippen LogP contribution in [0.4, 0.5) is 10.1 Å². The van der Waals surface area contributed by atoms with Crippen LogP contribution in [0.3, 0.4) is 0 Å². The Hall–Kier alpha value is -2.14. The molecular formula is C18H21FN2OS. The Morgan fingerprint density at radius 2 is 1.87 bits per heavy atom. The van der Waals surface area contributed by atoms with E-state index in [1.165, 1.54) is 11.6 Å². The molecule has 0 saturated heterocycles. The molecule has 0 saturated carbocycles. The van der Waals surface area contributed by atoms with Gasteiger partial charge in [-0.25, -0.2) is 4.39 Å². The number of ether oxygens (including phenoxy) is 1. The fraction of sp³-hybridized carbons (Fsp3) is 0.278. The van der Waals surface area contributed by atoms with E-state index in [1.54, 1.807) is 18.2 Å². The monoisotopic (exact) mass is 332 g/mol. The maximum atomic E-state index is 13.5. The summed E-state index contributed by atoms with van der Waals surface area (Å²) in [7, 11) is 0. The molecule has 3 nitrogen and oxygen atoms in total. The highest BCUT2D eigenvalue weighted by molar-refractivity contribution is 7.80. The van der Waals surface area contributed by atoms with Crippen molar-refractivity contribution in [3.63, 3.8) is 0 Å². The average Bonchev–Trinajstić information content (AvgIpc) is 2.55. The van der Waals surface area contributed by atoms with E-state index < -0.39 is 0 Å². The number of rotatable bonds is 7. The van der Waals surface area contributed by atoms with Crippen molar-refractivity contribution in [1.82, 2.24) is 5.32 Å². The highest BCUT2D eigenvalue weighted by Gasteiger charge is 2.02. The molecule has 0 radical (unpaired) electrons. The number of hydrogen-bond acceptors (Lipinski definition) is 2. The fourth-order valence-electron chi connectivity index (χ4n) is 2.14. The summed E-state index contributed by atoms with van der Waals surface area (Å²) >= 11 is 5.17. The Morgan fingerprint density at radius 1 is 1.13 bits per heavy atom. The normalized spacial score (nSPS) is 10.2. The zero-order valence-corrected chi connectivity index (χ0v) is 14.0. The molecule has 2 N–H and O–H groups in total. The largest absolute Gasteiger partial charge is 0.494 e. The van der Waals surface area contributed by atoms with Gasteiger partial charge in [0.15, 0.2) is 5.11 Å². The molecule has 0 aromatic heterocycles. The number of benzene rings is 2. The molecule has 0 heterocycles. The van der Waals surface area contributed by atoms with Gasteiger partial charge < -0.3 is 15.4 Å². The minimum absolute atomic E-state index is 0.314. The van der Waals surface area contributed by atoms with Crippen molar-refractivity contribution < 1.29 is 9.13 Å². The molecule has 0 aliphatic carbocycles. The van der Waals surface area contributed by atoms with Crippen LogP contribution in [0.1, 0.15) is 18.9 Å². The van der Waals surface area contributed by atoms with Gasteiger partial charge in [0.2, 0.25) is 0 Å². The number of hydrogen-bond donors (Lipinski definition) is 2. The summed E-state index contributed by atoms with van der Waals surface area (Å²) < 4.78 is 18.9. The molecule has 0 bridgehead atoms. The van der Waals surface area contributed by atoms with Gasteiger partial charge in [-0.2, -0.15) is 0 Å². The average molecular weight is 332 g/mol. The van der Waals surface area contributed by atoms with Crippen LogP contribution in [0.2, 0.25) is 0 Å². The summed E-state index contributed by atoms with van der Waals surface area (Å²) in [6, 6.07) is 14.6. The first-order valence-electron chi connectivity index (χ1n) is 7.70. The zero-order valence-electron chi connectivity index (χ0n) is 13.1. The maximum absolute atomic E-state index is 13.5. The smallest absolute Gasteiger partial charge is 0.170 e. The zero-order chi connectivity index (χ0) is 16.5. The number of halogens is 1. The molecule has 0 amide bonds. The molecule has 0 spiro atoms. The van der Waals surface area contributed by atoms with Crippen molar-refractivity contribution >= 4 is 23.0 Å². The minimum atomic E-state index is -0.314.